The Morgan fingerprint density at radius 2 is 2.12 bits per heavy atom. The van der Waals surface area contributed by atoms with Gasteiger partial charge in [-0.15, -0.1) is 0 Å². The summed E-state index contributed by atoms with van der Waals surface area (Å²) in [4.78, 5) is 0. The number of hydrazine groups is 1. The summed E-state index contributed by atoms with van der Waals surface area (Å²) in [5.74, 6) is 6.42. The van der Waals surface area contributed by atoms with E-state index < -0.39 is 0 Å². The van der Waals surface area contributed by atoms with Crippen LogP contribution in [0.2, 0.25) is 0 Å². The molecule has 4 nitrogen and oxygen atoms in total. The third-order valence-corrected chi connectivity index (χ3v) is 3.07. The van der Waals surface area contributed by atoms with Gasteiger partial charge in [0.15, 0.2) is 0 Å². The molecule has 0 fully saturated rings. The smallest absolute Gasteiger partial charge is 0.0629 e. The van der Waals surface area contributed by atoms with Crippen molar-refractivity contribution in [2.45, 2.75) is 59.5 Å². The minimum Gasteiger partial charge on any atom is -0.271 e. The molecule has 0 aromatic carbocycles. The lowest BCUT2D eigenvalue weighted by atomic mass is 10.0. The normalized spacial score (nSPS) is 13.3. The lowest BCUT2D eigenvalue weighted by Gasteiger charge is -2.17. The molecule has 1 aromatic rings. The molecule has 0 aliphatic rings. The van der Waals surface area contributed by atoms with Gasteiger partial charge in [-0.2, -0.15) is 5.10 Å². The zero-order valence-corrected chi connectivity index (χ0v) is 11.5. The second kappa shape index (κ2) is 6.77. The van der Waals surface area contributed by atoms with Gasteiger partial charge in [0, 0.05) is 6.54 Å². The number of nitrogens with one attached hydrogen (secondary N) is 1. The number of hydrogen-bond donors (Lipinski definition) is 2. The lowest BCUT2D eigenvalue weighted by molar-refractivity contribution is 0.428. The quantitative estimate of drug-likeness (QED) is 0.567. The summed E-state index contributed by atoms with van der Waals surface area (Å²) >= 11 is 0. The molecule has 17 heavy (non-hydrogen) atoms. The van der Waals surface area contributed by atoms with Crippen LogP contribution in [-0.2, 0) is 6.54 Å². The van der Waals surface area contributed by atoms with Crippen LogP contribution >= 0.6 is 0 Å². The maximum absolute atomic E-state index is 5.66. The summed E-state index contributed by atoms with van der Waals surface area (Å²) in [5, 5.41) is 4.46. The van der Waals surface area contributed by atoms with Crippen LogP contribution in [0.15, 0.2) is 6.07 Å². The number of aromatic nitrogens is 2. The van der Waals surface area contributed by atoms with Crippen LogP contribution in [0.5, 0.6) is 0 Å². The molecule has 98 valence electrons. The van der Waals surface area contributed by atoms with Gasteiger partial charge in [0.05, 0.1) is 17.4 Å². The molecule has 0 radical (unpaired) electrons. The van der Waals surface area contributed by atoms with E-state index in [1.54, 1.807) is 0 Å². The Morgan fingerprint density at radius 3 is 2.65 bits per heavy atom. The van der Waals surface area contributed by atoms with Crippen molar-refractivity contribution in [3.8, 4) is 0 Å². The molecule has 1 unspecified atom stereocenters. The van der Waals surface area contributed by atoms with Crippen molar-refractivity contribution in [1.82, 2.24) is 15.2 Å². The average molecular weight is 238 g/mol. The molecule has 0 bridgehead atoms. The second-order valence-corrected chi connectivity index (χ2v) is 5.07. The van der Waals surface area contributed by atoms with Gasteiger partial charge in [0.2, 0.25) is 0 Å². The Kier molecular flexibility index (Phi) is 5.65. The first kappa shape index (κ1) is 14.2. The van der Waals surface area contributed by atoms with E-state index in [1.165, 1.54) is 18.5 Å². The van der Waals surface area contributed by atoms with Gasteiger partial charge in [-0.25, -0.2) is 0 Å². The highest BCUT2D eigenvalue weighted by molar-refractivity contribution is 5.13. The van der Waals surface area contributed by atoms with Crippen molar-refractivity contribution in [2.24, 2.45) is 11.8 Å². The molecule has 0 spiro atoms. The Labute approximate surface area is 105 Å². The first-order valence-corrected chi connectivity index (χ1v) is 6.59. The minimum atomic E-state index is 0.217. The summed E-state index contributed by atoms with van der Waals surface area (Å²) in [7, 11) is 0. The molecule has 4 heteroatoms. The Hall–Kier alpha value is -0.870. The summed E-state index contributed by atoms with van der Waals surface area (Å²) in [6, 6.07) is 2.35. The van der Waals surface area contributed by atoms with Crippen molar-refractivity contribution in [3.63, 3.8) is 0 Å². The standard InChI is InChI=1S/C13H26N4/c1-5-17-13(9-11(4)16-17)12(15-14)8-6-7-10(2)3/h9-10,12,15H,5-8,14H2,1-4H3. The maximum Gasteiger partial charge on any atom is 0.0629 e. The Morgan fingerprint density at radius 1 is 1.41 bits per heavy atom. The summed E-state index contributed by atoms with van der Waals surface area (Å²) < 4.78 is 2.04. The van der Waals surface area contributed by atoms with E-state index in [1.807, 2.05) is 11.6 Å². The van der Waals surface area contributed by atoms with Crippen LogP contribution in [0.4, 0.5) is 0 Å². The predicted octanol–water partition coefficient (Wildman–Crippen LogP) is 2.54. The zero-order chi connectivity index (χ0) is 12.8. The van der Waals surface area contributed by atoms with Crippen LogP contribution in [0.1, 0.15) is 57.5 Å². The lowest BCUT2D eigenvalue weighted by Crippen LogP contribution is -2.30. The van der Waals surface area contributed by atoms with Crippen molar-refractivity contribution in [1.29, 1.82) is 0 Å². The van der Waals surface area contributed by atoms with E-state index in [9.17, 15) is 0 Å². The van der Waals surface area contributed by atoms with Crippen LogP contribution in [-0.4, -0.2) is 9.78 Å². The summed E-state index contributed by atoms with van der Waals surface area (Å²) in [6.45, 7) is 9.54. The van der Waals surface area contributed by atoms with Crippen molar-refractivity contribution < 1.29 is 0 Å². The Bertz CT molecular complexity index is 330. The fourth-order valence-electron chi connectivity index (χ4n) is 2.15. The van der Waals surface area contributed by atoms with E-state index in [2.05, 4.69) is 37.4 Å². The zero-order valence-electron chi connectivity index (χ0n) is 11.5. The van der Waals surface area contributed by atoms with Crippen LogP contribution in [0.25, 0.3) is 0 Å². The average Bonchev–Trinajstić information content (AvgIpc) is 2.65. The monoisotopic (exact) mass is 238 g/mol. The molecule has 1 rings (SSSR count). The van der Waals surface area contributed by atoms with Crippen LogP contribution in [0.3, 0.4) is 0 Å². The molecule has 0 aliphatic carbocycles. The SMILES string of the molecule is CCn1nc(C)cc1C(CCCC(C)C)NN. The molecule has 3 N–H and O–H groups in total. The molecular formula is C13H26N4. The topological polar surface area (TPSA) is 55.9 Å². The third kappa shape index (κ3) is 4.13. The van der Waals surface area contributed by atoms with Crippen molar-refractivity contribution in [3.05, 3.63) is 17.5 Å². The molecule has 1 atom stereocenters. The summed E-state index contributed by atoms with van der Waals surface area (Å²) in [5.41, 5.74) is 5.19. The highest BCUT2D eigenvalue weighted by atomic mass is 15.3. The predicted molar refractivity (Wildman–Crippen MR) is 71.4 cm³/mol. The van der Waals surface area contributed by atoms with E-state index in [0.717, 1.165) is 24.6 Å². The first-order valence-electron chi connectivity index (χ1n) is 6.59. The highest BCUT2D eigenvalue weighted by Crippen LogP contribution is 2.21. The largest absolute Gasteiger partial charge is 0.271 e. The first-order chi connectivity index (χ1) is 8.08. The molecule has 1 heterocycles. The van der Waals surface area contributed by atoms with Gasteiger partial charge in [-0.05, 0) is 32.3 Å². The fraction of sp³-hybridized carbons (Fsp3) is 0.769. The minimum absolute atomic E-state index is 0.217. The molecular weight excluding hydrogens is 212 g/mol. The Balaban J connectivity index is 2.65. The van der Waals surface area contributed by atoms with Gasteiger partial charge in [-0.3, -0.25) is 16.0 Å². The van der Waals surface area contributed by atoms with Crippen molar-refractivity contribution >= 4 is 0 Å². The third-order valence-electron chi connectivity index (χ3n) is 3.07. The number of rotatable bonds is 7. The van der Waals surface area contributed by atoms with Crippen LogP contribution in [0, 0.1) is 12.8 Å². The van der Waals surface area contributed by atoms with Gasteiger partial charge in [0.1, 0.15) is 0 Å². The second-order valence-electron chi connectivity index (χ2n) is 5.07. The van der Waals surface area contributed by atoms with E-state index in [-0.39, 0.29) is 6.04 Å². The van der Waals surface area contributed by atoms with Gasteiger partial charge >= 0.3 is 0 Å². The molecule has 0 saturated carbocycles. The van der Waals surface area contributed by atoms with Crippen molar-refractivity contribution in [2.75, 3.05) is 0 Å². The molecule has 0 amide bonds. The highest BCUT2D eigenvalue weighted by Gasteiger charge is 2.15. The van der Waals surface area contributed by atoms with Gasteiger partial charge in [0.25, 0.3) is 0 Å². The van der Waals surface area contributed by atoms with Gasteiger partial charge in [-0.1, -0.05) is 26.7 Å². The number of nitrogens with zero attached hydrogens (tertiary/aromatic N) is 2. The molecule has 1 aromatic heterocycles. The van der Waals surface area contributed by atoms with E-state index in [4.69, 9.17) is 5.84 Å². The van der Waals surface area contributed by atoms with Gasteiger partial charge < -0.3 is 0 Å². The molecule has 0 saturated heterocycles. The maximum atomic E-state index is 5.66. The van der Waals surface area contributed by atoms with E-state index >= 15 is 0 Å². The fourth-order valence-corrected chi connectivity index (χ4v) is 2.15. The van der Waals surface area contributed by atoms with Crippen LogP contribution < -0.4 is 11.3 Å². The van der Waals surface area contributed by atoms with E-state index in [0.29, 0.717) is 0 Å². The molecule has 0 aliphatic heterocycles. The number of nitrogens with two attached hydrogens (primary N) is 1. The summed E-state index contributed by atoms with van der Waals surface area (Å²) in [6.07, 6.45) is 3.51. The number of aryl methyl sites for hydroxylation is 2. The number of hydrogen-bond acceptors (Lipinski definition) is 3.